The Hall–Kier alpha value is -2.70. The van der Waals surface area contributed by atoms with Gasteiger partial charge in [0.1, 0.15) is 5.82 Å². The van der Waals surface area contributed by atoms with E-state index in [0.717, 1.165) is 37.3 Å². The van der Waals surface area contributed by atoms with E-state index in [9.17, 15) is 9.18 Å². The maximum Gasteiger partial charge on any atom is 0.259 e. The van der Waals surface area contributed by atoms with Crippen LogP contribution in [0.1, 0.15) is 34.8 Å². The Balaban J connectivity index is 1.70. The highest BCUT2D eigenvalue weighted by Gasteiger charge is 2.27. The van der Waals surface area contributed by atoms with Crippen LogP contribution in [0.15, 0.2) is 54.7 Å². The van der Waals surface area contributed by atoms with Crippen LogP contribution in [0.25, 0.3) is 5.69 Å². The second kappa shape index (κ2) is 8.12. The number of aromatic nitrogens is 2. The molecule has 0 radical (unpaired) electrons. The van der Waals surface area contributed by atoms with Crippen molar-refractivity contribution in [2.45, 2.75) is 18.8 Å². The van der Waals surface area contributed by atoms with Crippen LogP contribution in [0.4, 0.5) is 10.1 Å². The van der Waals surface area contributed by atoms with Gasteiger partial charge < -0.3 is 10.6 Å². The second-order valence-corrected chi connectivity index (χ2v) is 7.25. The van der Waals surface area contributed by atoms with Crippen molar-refractivity contribution in [2.24, 2.45) is 0 Å². The number of nitrogens with one attached hydrogen (secondary N) is 2. The quantitative estimate of drug-likeness (QED) is 0.685. The van der Waals surface area contributed by atoms with Crippen LogP contribution in [0.5, 0.6) is 0 Å². The minimum atomic E-state index is -0.344. The Morgan fingerprint density at radius 1 is 1.11 bits per heavy atom. The number of benzene rings is 2. The van der Waals surface area contributed by atoms with E-state index < -0.39 is 0 Å². The highest BCUT2D eigenvalue weighted by Crippen LogP contribution is 2.31. The number of hydrogen-bond donors (Lipinski definition) is 2. The standard InChI is InChI=1S/C21H20ClFN4O/c22-15-1-7-18(8-2-15)27-20(14-9-11-24-12-10-14)19(13-25-27)21(28)26-17-5-3-16(23)4-6-17/h1-8,13-14,24H,9-12H2,(H,26,28). The van der Waals surface area contributed by atoms with Gasteiger partial charge in [-0.2, -0.15) is 5.10 Å². The number of carbonyl (C=O) groups is 1. The van der Waals surface area contributed by atoms with Gasteiger partial charge in [0.15, 0.2) is 0 Å². The Labute approximate surface area is 167 Å². The number of piperidine rings is 1. The van der Waals surface area contributed by atoms with Gasteiger partial charge in [0, 0.05) is 16.6 Å². The molecule has 1 aromatic heterocycles. The summed E-state index contributed by atoms with van der Waals surface area (Å²) in [4.78, 5) is 13.0. The first-order valence-corrected chi connectivity index (χ1v) is 9.61. The van der Waals surface area contributed by atoms with Crippen LogP contribution >= 0.6 is 11.6 Å². The zero-order valence-corrected chi connectivity index (χ0v) is 15.9. The Morgan fingerprint density at radius 2 is 1.79 bits per heavy atom. The van der Waals surface area contributed by atoms with Gasteiger partial charge in [-0.15, -0.1) is 0 Å². The molecule has 28 heavy (non-hydrogen) atoms. The van der Waals surface area contributed by atoms with Crippen LogP contribution in [0.3, 0.4) is 0 Å². The molecule has 2 N–H and O–H groups in total. The second-order valence-electron chi connectivity index (χ2n) is 6.82. The highest BCUT2D eigenvalue weighted by atomic mass is 35.5. The lowest BCUT2D eigenvalue weighted by molar-refractivity contribution is 0.102. The van der Waals surface area contributed by atoms with Gasteiger partial charge in [-0.1, -0.05) is 11.6 Å². The first-order chi connectivity index (χ1) is 13.6. The molecular formula is C21H20ClFN4O. The molecule has 3 aromatic rings. The summed E-state index contributed by atoms with van der Waals surface area (Å²) in [5.41, 5.74) is 2.83. The molecule has 2 heterocycles. The van der Waals surface area contributed by atoms with Gasteiger partial charge >= 0.3 is 0 Å². The lowest BCUT2D eigenvalue weighted by Gasteiger charge is -2.24. The summed E-state index contributed by atoms with van der Waals surface area (Å²) in [5.74, 6) is -0.377. The molecular weight excluding hydrogens is 379 g/mol. The van der Waals surface area contributed by atoms with Crippen molar-refractivity contribution in [2.75, 3.05) is 18.4 Å². The van der Waals surface area contributed by atoms with Gasteiger partial charge in [0.2, 0.25) is 0 Å². The summed E-state index contributed by atoms with van der Waals surface area (Å²) in [7, 11) is 0. The summed E-state index contributed by atoms with van der Waals surface area (Å²) >= 11 is 6.02. The maximum absolute atomic E-state index is 13.1. The minimum Gasteiger partial charge on any atom is -0.322 e. The fourth-order valence-electron chi connectivity index (χ4n) is 3.54. The van der Waals surface area contributed by atoms with Crippen molar-refractivity contribution in [3.63, 3.8) is 0 Å². The molecule has 4 rings (SSSR count). The average Bonchev–Trinajstić information content (AvgIpc) is 3.16. The SMILES string of the molecule is O=C(Nc1ccc(F)cc1)c1cnn(-c2ccc(Cl)cc2)c1C1CCNCC1. The molecule has 1 amide bonds. The lowest BCUT2D eigenvalue weighted by atomic mass is 9.91. The molecule has 0 bridgehead atoms. The van der Waals surface area contributed by atoms with E-state index in [2.05, 4.69) is 15.7 Å². The molecule has 144 valence electrons. The third-order valence-corrected chi connectivity index (χ3v) is 5.20. The molecule has 0 unspecified atom stereocenters. The molecule has 1 aliphatic rings. The third-order valence-electron chi connectivity index (χ3n) is 4.95. The van der Waals surface area contributed by atoms with E-state index in [-0.39, 0.29) is 17.6 Å². The fourth-order valence-corrected chi connectivity index (χ4v) is 3.67. The molecule has 0 saturated carbocycles. The molecule has 2 aromatic carbocycles. The molecule has 0 atom stereocenters. The van der Waals surface area contributed by atoms with Gasteiger partial charge in [0.05, 0.1) is 23.1 Å². The first kappa shape index (κ1) is 18.7. The highest BCUT2D eigenvalue weighted by molar-refractivity contribution is 6.30. The van der Waals surface area contributed by atoms with Gasteiger partial charge in [0.25, 0.3) is 5.91 Å². The van der Waals surface area contributed by atoms with E-state index in [1.165, 1.54) is 12.1 Å². The summed E-state index contributed by atoms with van der Waals surface area (Å²) in [5, 5.41) is 11.3. The van der Waals surface area contributed by atoms with Crippen molar-refractivity contribution in [1.82, 2.24) is 15.1 Å². The number of rotatable bonds is 4. The number of carbonyl (C=O) groups excluding carboxylic acids is 1. The van der Waals surface area contributed by atoms with Gasteiger partial charge in [-0.3, -0.25) is 4.79 Å². The number of hydrogen-bond acceptors (Lipinski definition) is 3. The number of halogens is 2. The average molecular weight is 399 g/mol. The summed E-state index contributed by atoms with van der Waals surface area (Å²) < 4.78 is 15.0. The zero-order valence-electron chi connectivity index (χ0n) is 15.2. The van der Waals surface area contributed by atoms with Crippen molar-refractivity contribution in [3.05, 3.63) is 76.8 Å². The van der Waals surface area contributed by atoms with Crippen LogP contribution in [-0.4, -0.2) is 28.8 Å². The molecule has 1 fully saturated rings. The summed E-state index contributed by atoms with van der Waals surface area (Å²) in [6.45, 7) is 1.80. The van der Waals surface area contributed by atoms with Crippen LogP contribution in [-0.2, 0) is 0 Å². The van der Waals surface area contributed by atoms with E-state index >= 15 is 0 Å². The summed E-state index contributed by atoms with van der Waals surface area (Å²) in [6, 6.07) is 13.1. The van der Waals surface area contributed by atoms with Crippen molar-refractivity contribution in [1.29, 1.82) is 0 Å². The molecule has 7 heteroatoms. The van der Waals surface area contributed by atoms with Crippen LogP contribution in [0.2, 0.25) is 5.02 Å². The molecule has 5 nitrogen and oxygen atoms in total. The van der Waals surface area contributed by atoms with Crippen molar-refractivity contribution in [3.8, 4) is 5.69 Å². The molecule has 0 aliphatic carbocycles. The fraction of sp³-hybridized carbons (Fsp3) is 0.238. The van der Waals surface area contributed by atoms with Crippen LogP contribution < -0.4 is 10.6 Å². The van der Waals surface area contributed by atoms with E-state index in [1.54, 1.807) is 18.3 Å². The Bertz CT molecular complexity index is 963. The number of anilines is 1. The smallest absolute Gasteiger partial charge is 0.259 e. The topological polar surface area (TPSA) is 59.0 Å². The lowest BCUT2D eigenvalue weighted by Crippen LogP contribution is -2.29. The predicted octanol–water partition coefficient (Wildman–Crippen LogP) is 4.38. The Morgan fingerprint density at radius 3 is 2.46 bits per heavy atom. The zero-order chi connectivity index (χ0) is 19.5. The van der Waals surface area contributed by atoms with E-state index in [4.69, 9.17) is 11.6 Å². The van der Waals surface area contributed by atoms with E-state index in [1.807, 2.05) is 28.9 Å². The Kier molecular flexibility index (Phi) is 5.41. The van der Waals surface area contributed by atoms with Crippen molar-refractivity contribution >= 4 is 23.2 Å². The predicted molar refractivity (Wildman–Crippen MR) is 108 cm³/mol. The minimum absolute atomic E-state index is 0.216. The van der Waals surface area contributed by atoms with Gasteiger partial charge in [-0.25, -0.2) is 9.07 Å². The largest absolute Gasteiger partial charge is 0.322 e. The van der Waals surface area contributed by atoms with E-state index in [0.29, 0.717) is 16.3 Å². The molecule has 1 aliphatic heterocycles. The van der Waals surface area contributed by atoms with Crippen molar-refractivity contribution < 1.29 is 9.18 Å². The normalized spacial score (nSPS) is 14.8. The molecule has 1 saturated heterocycles. The number of amides is 1. The summed E-state index contributed by atoms with van der Waals surface area (Å²) in [6.07, 6.45) is 3.46. The van der Waals surface area contributed by atoms with Gasteiger partial charge in [-0.05, 0) is 74.5 Å². The number of nitrogens with zero attached hydrogens (tertiary/aromatic N) is 2. The third kappa shape index (κ3) is 3.93. The first-order valence-electron chi connectivity index (χ1n) is 9.23. The van der Waals surface area contributed by atoms with Crippen LogP contribution in [0, 0.1) is 5.82 Å². The monoisotopic (exact) mass is 398 g/mol. The maximum atomic E-state index is 13.1. The molecule has 0 spiro atoms.